The molecule has 1 unspecified atom stereocenters. The lowest BCUT2D eigenvalue weighted by Gasteiger charge is -2.32. The Morgan fingerprint density at radius 1 is 0.600 bits per heavy atom. The first-order valence-corrected chi connectivity index (χ1v) is 27.1. The van der Waals surface area contributed by atoms with E-state index in [1.165, 1.54) is 132 Å². The van der Waals surface area contributed by atoms with Crippen molar-refractivity contribution in [3.8, 4) is 0 Å². The Balaban J connectivity index is 2.41. The summed E-state index contributed by atoms with van der Waals surface area (Å²) in [6.07, 6.45) is 51.7. The van der Waals surface area contributed by atoms with E-state index in [2.05, 4.69) is 78.0 Å². The van der Waals surface area contributed by atoms with E-state index >= 15 is 0 Å². The third kappa shape index (κ3) is 33.3. The van der Waals surface area contributed by atoms with Crippen molar-refractivity contribution < 1.29 is 32.2 Å². The van der Waals surface area contributed by atoms with E-state index in [1.807, 2.05) is 58.4 Å². The van der Waals surface area contributed by atoms with E-state index in [-0.39, 0.29) is 25.2 Å². The van der Waals surface area contributed by atoms with Gasteiger partial charge in [0.25, 0.3) is 0 Å². The summed E-state index contributed by atoms with van der Waals surface area (Å²) in [7, 11) is 2.33. The molecule has 1 aliphatic carbocycles. The molecule has 1 aliphatic rings. The molecule has 0 fully saturated rings. The topological polar surface area (TPSA) is 71.1 Å². The number of allylic oxidation sites excluding steroid dienone is 17. The van der Waals surface area contributed by atoms with E-state index in [0.717, 1.165) is 30.4 Å². The van der Waals surface area contributed by atoms with Gasteiger partial charge in [0.05, 0.1) is 34.4 Å². The fourth-order valence-corrected chi connectivity index (χ4v) is 8.87. The zero-order chi connectivity index (χ0) is 48.2. The number of carbonyl (C=O) groups is 1. The highest BCUT2D eigenvalue weighted by molar-refractivity contribution is 7.48. The van der Waals surface area contributed by atoms with Crippen LogP contribution in [0.25, 0.3) is 0 Å². The standard InChI is InChI=1S/C57H97NO6P/c1-12-13-14-15-16-17-18-19-20-21-22-23-24-25-26-27-28-31-46-62-65(60,63-47-45-58(9,10)11)64-49-48-61-56(59)54(6)40-33-39-51(3)36-30-29-35-50(2)37-32-38-52(4)42-43-55-53(5)41-34-44-57(55,7)8/h29-30,32-33,35-40,42-43H,12-28,31,34,41,44-49H2,1-11H3/q+1/b30-29+,37-32+,39-33+,43-42+,50-35+,51-36+,52-38+,54-40+. The SMILES string of the molecule is CCCCCCCCCCCCCCCCCCCCOP(=O)(OCCOC(=O)/C(C)=C/C=C/C(C)=C/C=C/C=C(C)/C=C/C=C(C)/C=C/C1=C(C)CCCC1(C)C)OCC[N+](C)(C)C. The molecule has 0 spiro atoms. The van der Waals surface area contributed by atoms with Gasteiger partial charge in [0.2, 0.25) is 0 Å². The van der Waals surface area contributed by atoms with Gasteiger partial charge < -0.3 is 9.22 Å². The molecule has 0 N–H and O–H groups in total. The molecular weight excluding hydrogens is 826 g/mol. The van der Waals surface area contributed by atoms with Crippen LogP contribution in [0.3, 0.4) is 0 Å². The van der Waals surface area contributed by atoms with Crippen LogP contribution in [0.4, 0.5) is 0 Å². The van der Waals surface area contributed by atoms with Gasteiger partial charge in [0.15, 0.2) is 0 Å². The number of likely N-dealkylation sites (N-methyl/N-ethyl adjacent to an activating group) is 1. The second kappa shape index (κ2) is 36.3. The van der Waals surface area contributed by atoms with Crippen molar-refractivity contribution in [3.63, 3.8) is 0 Å². The van der Waals surface area contributed by atoms with Gasteiger partial charge in [-0.2, -0.15) is 0 Å². The van der Waals surface area contributed by atoms with Crippen LogP contribution >= 0.6 is 7.82 Å². The molecule has 0 saturated heterocycles. The largest absolute Gasteiger partial charge is 0.475 e. The lowest BCUT2D eigenvalue weighted by atomic mass is 9.72. The zero-order valence-electron chi connectivity index (χ0n) is 43.7. The van der Waals surface area contributed by atoms with E-state index in [0.29, 0.717) is 23.2 Å². The monoisotopic (exact) mass is 923 g/mol. The molecule has 0 bridgehead atoms. The minimum atomic E-state index is -3.80. The van der Waals surface area contributed by atoms with E-state index in [4.69, 9.17) is 18.3 Å². The second-order valence-corrected chi connectivity index (χ2v) is 21.7. The summed E-state index contributed by atoms with van der Waals surface area (Å²) in [5.74, 6) is -0.462. The lowest BCUT2D eigenvalue weighted by molar-refractivity contribution is -0.870. The number of quaternary nitrogens is 1. The van der Waals surface area contributed by atoms with Gasteiger partial charge in [-0.05, 0) is 71.3 Å². The number of phosphoric acid groups is 1. The Kier molecular flexibility index (Phi) is 33.6. The Morgan fingerprint density at radius 3 is 1.55 bits per heavy atom. The molecule has 0 heterocycles. The first-order valence-electron chi connectivity index (χ1n) is 25.6. The summed E-state index contributed by atoms with van der Waals surface area (Å²) < 4.78 is 36.6. The molecule has 0 saturated carbocycles. The number of phosphoric ester groups is 1. The number of carbonyl (C=O) groups excluding carboxylic acids is 1. The van der Waals surface area contributed by atoms with Crippen molar-refractivity contribution in [3.05, 3.63) is 106 Å². The molecule has 0 radical (unpaired) electrons. The highest BCUT2D eigenvalue weighted by Gasteiger charge is 2.28. The average molecular weight is 923 g/mol. The summed E-state index contributed by atoms with van der Waals surface area (Å²) in [5.41, 5.74) is 7.13. The third-order valence-corrected chi connectivity index (χ3v) is 13.5. The van der Waals surface area contributed by atoms with Crippen LogP contribution < -0.4 is 0 Å². The lowest BCUT2D eigenvalue weighted by Crippen LogP contribution is -2.37. The van der Waals surface area contributed by atoms with Gasteiger partial charge >= 0.3 is 13.8 Å². The van der Waals surface area contributed by atoms with Crippen LogP contribution in [0.5, 0.6) is 0 Å². The van der Waals surface area contributed by atoms with Crippen LogP contribution in [0.15, 0.2) is 106 Å². The summed E-state index contributed by atoms with van der Waals surface area (Å²) in [6, 6.07) is 0. The zero-order valence-corrected chi connectivity index (χ0v) is 44.6. The van der Waals surface area contributed by atoms with Gasteiger partial charge in [-0.1, -0.05) is 225 Å². The van der Waals surface area contributed by atoms with Crippen LogP contribution in [0.1, 0.15) is 190 Å². The summed E-state index contributed by atoms with van der Waals surface area (Å²) in [5, 5.41) is 0. The number of hydrogen-bond acceptors (Lipinski definition) is 6. The molecule has 8 heteroatoms. The number of unbranched alkanes of at least 4 members (excludes halogenated alkanes) is 17. The van der Waals surface area contributed by atoms with Gasteiger partial charge in [-0.15, -0.1) is 0 Å². The van der Waals surface area contributed by atoms with Crippen molar-refractivity contribution in [2.24, 2.45) is 5.41 Å². The fraction of sp³-hybridized carbons (Fsp3) is 0.667. The Labute approximate surface area is 400 Å². The Hall–Kier alpha value is -2.80. The van der Waals surface area contributed by atoms with Crippen LogP contribution in [-0.4, -0.2) is 64.6 Å². The van der Waals surface area contributed by atoms with E-state index in [1.54, 1.807) is 13.0 Å². The molecule has 0 aromatic rings. The Morgan fingerprint density at radius 2 is 1.05 bits per heavy atom. The van der Waals surface area contributed by atoms with Crippen LogP contribution in [0, 0.1) is 5.41 Å². The minimum Gasteiger partial charge on any atom is -0.460 e. The van der Waals surface area contributed by atoms with Crippen LogP contribution in [0.2, 0.25) is 0 Å². The smallest absolute Gasteiger partial charge is 0.460 e. The molecule has 1 atom stereocenters. The highest BCUT2D eigenvalue weighted by Crippen LogP contribution is 2.49. The maximum absolute atomic E-state index is 13.5. The Bertz CT molecular complexity index is 1650. The first-order chi connectivity index (χ1) is 31.0. The predicted molar refractivity (Wildman–Crippen MR) is 280 cm³/mol. The number of ether oxygens (including phenoxy) is 1. The molecule has 7 nitrogen and oxygen atoms in total. The number of rotatable bonds is 37. The van der Waals surface area contributed by atoms with Gasteiger partial charge in [-0.3, -0.25) is 13.6 Å². The van der Waals surface area contributed by atoms with Crippen molar-refractivity contribution in [2.45, 2.75) is 190 Å². The second-order valence-electron chi connectivity index (χ2n) is 20.1. The summed E-state index contributed by atoms with van der Waals surface area (Å²) in [4.78, 5) is 12.6. The third-order valence-electron chi connectivity index (χ3n) is 12.0. The van der Waals surface area contributed by atoms with Crippen molar-refractivity contribution in [1.82, 2.24) is 0 Å². The van der Waals surface area contributed by atoms with Crippen molar-refractivity contribution >= 4 is 13.8 Å². The average Bonchev–Trinajstić information content (AvgIpc) is 3.23. The fourth-order valence-electron chi connectivity index (χ4n) is 7.69. The van der Waals surface area contributed by atoms with E-state index < -0.39 is 13.8 Å². The quantitative estimate of drug-likeness (QED) is 0.0154. The van der Waals surface area contributed by atoms with E-state index in [9.17, 15) is 9.36 Å². The molecule has 0 aromatic heterocycles. The molecule has 0 aliphatic heterocycles. The van der Waals surface area contributed by atoms with Crippen molar-refractivity contribution in [2.75, 3.05) is 54.1 Å². The first kappa shape index (κ1) is 60.2. The maximum atomic E-state index is 13.5. The molecular formula is C57H97NO6P+. The normalized spacial score (nSPS) is 16.8. The highest BCUT2D eigenvalue weighted by atomic mass is 31.2. The maximum Gasteiger partial charge on any atom is 0.475 e. The molecule has 65 heavy (non-hydrogen) atoms. The molecule has 1 rings (SSSR count). The number of esters is 1. The number of hydrogen-bond donors (Lipinski definition) is 0. The van der Waals surface area contributed by atoms with Gasteiger partial charge in [0, 0.05) is 5.57 Å². The number of nitrogens with zero attached hydrogens (tertiary/aromatic N) is 1. The van der Waals surface area contributed by atoms with Gasteiger partial charge in [0.1, 0.15) is 19.8 Å². The molecule has 370 valence electrons. The minimum absolute atomic E-state index is 0.0611. The van der Waals surface area contributed by atoms with Crippen molar-refractivity contribution in [1.29, 1.82) is 0 Å². The summed E-state index contributed by atoms with van der Waals surface area (Å²) >= 11 is 0. The van der Waals surface area contributed by atoms with Crippen LogP contribution in [-0.2, 0) is 27.7 Å². The van der Waals surface area contributed by atoms with Gasteiger partial charge in [-0.25, -0.2) is 9.36 Å². The predicted octanol–water partition coefficient (Wildman–Crippen LogP) is 17.0. The molecule has 0 aromatic carbocycles. The molecule has 0 amide bonds. The summed E-state index contributed by atoms with van der Waals surface area (Å²) in [6.45, 7) is 18.2.